The second-order valence-electron chi connectivity index (χ2n) is 8.90. The van der Waals surface area contributed by atoms with Gasteiger partial charge >= 0.3 is 0 Å². The number of rotatable bonds is 4. The fourth-order valence-corrected chi connectivity index (χ4v) is 4.49. The van der Waals surface area contributed by atoms with Crippen molar-refractivity contribution in [1.82, 2.24) is 0 Å². The van der Waals surface area contributed by atoms with Crippen LogP contribution in [0.3, 0.4) is 0 Å². The molecule has 0 unspecified atom stereocenters. The van der Waals surface area contributed by atoms with E-state index in [1.165, 1.54) is 56.6 Å². The van der Waals surface area contributed by atoms with Gasteiger partial charge in [0.25, 0.3) is 0 Å². The molecule has 0 heterocycles. The molecule has 6 aromatic carbocycles. The minimum Gasteiger partial charge on any atom is -0.504 e. The van der Waals surface area contributed by atoms with Crippen LogP contribution in [0.1, 0.15) is 0 Å². The Hall–Kier alpha value is -5.08. The highest BCUT2D eigenvalue weighted by Gasteiger charge is 2.15. The summed E-state index contributed by atoms with van der Waals surface area (Å²) < 4.78 is 0. The maximum atomic E-state index is 8.67. The van der Waals surface area contributed by atoms with E-state index in [1.54, 1.807) is 12.1 Å². The van der Waals surface area contributed by atoms with E-state index >= 15 is 0 Å². The zero-order valence-corrected chi connectivity index (χ0v) is 20.9. The van der Waals surface area contributed by atoms with Crippen molar-refractivity contribution in [2.75, 3.05) is 0 Å². The number of phenolic OH excluding ortho intramolecular Hbond substituents is 2. The highest BCUT2D eigenvalue weighted by Crippen LogP contribution is 2.41. The molecule has 0 fully saturated rings. The molecule has 2 heteroatoms. The van der Waals surface area contributed by atoms with Crippen molar-refractivity contribution in [3.05, 3.63) is 158 Å². The van der Waals surface area contributed by atoms with Crippen LogP contribution in [0.15, 0.2) is 158 Å². The van der Waals surface area contributed by atoms with Gasteiger partial charge in [-0.05, 0) is 68.8 Å². The molecule has 184 valence electrons. The van der Waals surface area contributed by atoms with E-state index in [0.717, 1.165) is 0 Å². The summed E-state index contributed by atoms with van der Waals surface area (Å²) in [6.45, 7) is 0. The lowest BCUT2D eigenvalue weighted by molar-refractivity contribution is 0.404. The predicted molar refractivity (Wildman–Crippen MR) is 158 cm³/mol. The molecule has 2 nitrogen and oxygen atoms in total. The van der Waals surface area contributed by atoms with Crippen LogP contribution in [0.2, 0.25) is 0 Å². The zero-order valence-electron chi connectivity index (χ0n) is 20.9. The van der Waals surface area contributed by atoms with Gasteiger partial charge in [-0.25, -0.2) is 0 Å². The van der Waals surface area contributed by atoms with Crippen molar-refractivity contribution in [1.29, 1.82) is 0 Å². The molecule has 0 aliphatic carbocycles. The third-order valence-electron chi connectivity index (χ3n) is 6.38. The molecule has 0 saturated carbocycles. The van der Waals surface area contributed by atoms with Crippen LogP contribution in [-0.2, 0) is 0 Å². The van der Waals surface area contributed by atoms with E-state index in [9.17, 15) is 0 Å². The van der Waals surface area contributed by atoms with Crippen LogP contribution in [0.25, 0.3) is 44.5 Å². The Bertz CT molecular complexity index is 1370. The second kappa shape index (κ2) is 11.8. The van der Waals surface area contributed by atoms with Crippen LogP contribution in [0.4, 0.5) is 0 Å². The second-order valence-corrected chi connectivity index (χ2v) is 8.90. The lowest BCUT2D eigenvalue weighted by Gasteiger charge is -2.18. The monoisotopic (exact) mass is 492 g/mol. The SMILES string of the molecule is Oc1ccccc1O.c1ccc(-c2cc(-c3ccccc3)c(-c3ccccc3)cc2-c2ccccc2)cc1. The number of benzene rings is 6. The molecule has 0 aromatic heterocycles. The number of para-hydroxylation sites is 2. The van der Waals surface area contributed by atoms with Crippen LogP contribution in [-0.4, -0.2) is 10.2 Å². The summed E-state index contributed by atoms with van der Waals surface area (Å²) >= 11 is 0. The van der Waals surface area contributed by atoms with Crippen molar-refractivity contribution in [2.24, 2.45) is 0 Å². The van der Waals surface area contributed by atoms with Gasteiger partial charge in [-0.3, -0.25) is 0 Å². The number of hydrogen-bond donors (Lipinski definition) is 2. The Morgan fingerprint density at radius 2 is 0.474 bits per heavy atom. The average Bonchev–Trinajstić information content (AvgIpc) is 3.00. The minimum atomic E-state index is -0.0764. The van der Waals surface area contributed by atoms with Crippen LogP contribution in [0, 0.1) is 0 Å². The quantitative estimate of drug-likeness (QED) is 0.241. The smallest absolute Gasteiger partial charge is 0.157 e. The normalized spacial score (nSPS) is 10.3. The molecule has 0 aliphatic rings. The first-order valence-corrected chi connectivity index (χ1v) is 12.6. The summed E-state index contributed by atoms with van der Waals surface area (Å²) in [7, 11) is 0. The first-order valence-electron chi connectivity index (χ1n) is 12.6. The summed E-state index contributed by atoms with van der Waals surface area (Å²) in [5.74, 6) is -0.153. The lowest BCUT2D eigenvalue weighted by atomic mass is 9.86. The topological polar surface area (TPSA) is 40.5 Å². The Balaban J connectivity index is 0.000000316. The fourth-order valence-electron chi connectivity index (χ4n) is 4.49. The third-order valence-corrected chi connectivity index (χ3v) is 6.38. The molecule has 38 heavy (non-hydrogen) atoms. The van der Waals surface area contributed by atoms with Crippen LogP contribution in [0.5, 0.6) is 11.5 Å². The molecule has 0 atom stereocenters. The molecule has 0 aliphatic heterocycles. The van der Waals surface area contributed by atoms with Crippen LogP contribution >= 0.6 is 0 Å². The number of aromatic hydroxyl groups is 2. The summed E-state index contributed by atoms with van der Waals surface area (Å²) in [6.07, 6.45) is 0. The molecule has 0 saturated heterocycles. The van der Waals surface area contributed by atoms with Crippen molar-refractivity contribution < 1.29 is 10.2 Å². The Morgan fingerprint density at radius 1 is 0.263 bits per heavy atom. The van der Waals surface area contributed by atoms with E-state index in [1.807, 2.05) is 0 Å². The van der Waals surface area contributed by atoms with E-state index in [0.29, 0.717) is 0 Å². The summed E-state index contributed by atoms with van der Waals surface area (Å²) in [5, 5.41) is 17.3. The van der Waals surface area contributed by atoms with Crippen molar-refractivity contribution in [2.45, 2.75) is 0 Å². The van der Waals surface area contributed by atoms with Crippen LogP contribution < -0.4 is 0 Å². The van der Waals surface area contributed by atoms with Gasteiger partial charge in [-0.1, -0.05) is 133 Å². The molecular weight excluding hydrogens is 464 g/mol. The molecule has 0 radical (unpaired) electrons. The summed E-state index contributed by atoms with van der Waals surface area (Å²) in [4.78, 5) is 0. The first-order chi connectivity index (χ1) is 18.7. The highest BCUT2D eigenvalue weighted by atomic mass is 16.3. The Labute approximate surface area is 223 Å². The summed E-state index contributed by atoms with van der Waals surface area (Å²) in [5.41, 5.74) is 9.92. The predicted octanol–water partition coefficient (Wildman–Crippen LogP) is 9.45. The third kappa shape index (κ3) is 5.66. The lowest BCUT2D eigenvalue weighted by Crippen LogP contribution is -1.92. The zero-order chi connectivity index (χ0) is 26.2. The van der Waals surface area contributed by atoms with Gasteiger partial charge in [0.2, 0.25) is 0 Å². The fraction of sp³-hybridized carbons (Fsp3) is 0. The van der Waals surface area contributed by atoms with Gasteiger partial charge in [-0.15, -0.1) is 0 Å². The summed E-state index contributed by atoms with van der Waals surface area (Å²) in [6, 6.07) is 53.6. The molecule has 0 amide bonds. The van der Waals surface area contributed by atoms with Gasteiger partial charge in [0.05, 0.1) is 0 Å². The van der Waals surface area contributed by atoms with Gasteiger partial charge in [-0.2, -0.15) is 0 Å². The standard InChI is InChI=1S/C30H22.C6H6O2/c1-5-13-23(14-6-1)27-21-29(25-17-9-3-10-18-25)30(26-19-11-4-12-20-26)22-28(27)24-15-7-2-8-16-24;7-5-3-1-2-4-6(5)8/h1-22H;1-4,7-8H. The van der Waals surface area contributed by atoms with Gasteiger partial charge in [0.1, 0.15) is 0 Å². The molecule has 6 aromatic rings. The molecule has 0 bridgehead atoms. The van der Waals surface area contributed by atoms with Crippen molar-refractivity contribution in [3.8, 4) is 56.0 Å². The number of phenols is 2. The molecule has 2 N–H and O–H groups in total. The Kier molecular flexibility index (Phi) is 7.62. The minimum absolute atomic E-state index is 0.0764. The molecule has 6 rings (SSSR count). The highest BCUT2D eigenvalue weighted by molar-refractivity contribution is 5.95. The van der Waals surface area contributed by atoms with E-state index in [2.05, 4.69) is 133 Å². The largest absolute Gasteiger partial charge is 0.504 e. The Morgan fingerprint density at radius 3 is 0.684 bits per heavy atom. The van der Waals surface area contributed by atoms with E-state index < -0.39 is 0 Å². The van der Waals surface area contributed by atoms with Gasteiger partial charge in [0.15, 0.2) is 11.5 Å². The molecular formula is C36H28O2. The van der Waals surface area contributed by atoms with E-state index in [-0.39, 0.29) is 11.5 Å². The van der Waals surface area contributed by atoms with E-state index in [4.69, 9.17) is 10.2 Å². The maximum absolute atomic E-state index is 8.67. The van der Waals surface area contributed by atoms with Gasteiger partial charge in [0, 0.05) is 0 Å². The number of hydrogen-bond acceptors (Lipinski definition) is 2. The first kappa shape index (κ1) is 24.6. The van der Waals surface area contributed by atoms with Crippen molar-refractivity contribution >= 4 is 0 Å². The van der Waals surface area contributed by atoms with Gasteiger partial charge < -0.3 is 10.2 Å². The molecule has 0 spiro atoms. The maximum Gasteiger partial charge on any atom is 0.157 e. The average molecular weight is 493 g/mol. The van der Waals surface area contributed by atoms with Crippen molar-refractivity contribution in [3.63, 3.8) is 0 Å².